The molecule has 1 aromatic rings. The van der Waals surface area contributed by atoms with Gasteiger partial charge < -0.3 is 25.5 Å². The number of carbonyl (C=O) groups excluding carboxylic acids is 1. The lowest BCUT2D eigenvalue weighted by atomic mass is 9.92. The zero-order chi connectivity index (χ0) is 18.8. The molecule has 8 heteroatoms. The molecule has 3 atom stereocenters. The summed E-state index contributed by atoms with van der Waals surface area (Å²) in [6.45, 7) is 2.69. The predicted molar refractivity (Wildman–Crippen MR) is 104 cm³/mol. The van der Waals surface area contributed by atoms with Crippen molar-refractivity contribution in [3.63, 3.8) is 0 Å². The number of aromatic nitrogens is 2. The molecule has 2 fully saturated rings. The summed E-state index contributed by atoms with van der Waals surface area (Å²) >= 11 is 0. The van der Waals surface area contributed by atoms with Crippen LogP contribution in [0.1, 0.15) is 44.1 Å². The fraction of sp³-hybridized carbons (Fsp3) is 0.737. The first-order valence-corrected chi connectivity index (χ1v) is 10.1. The molecule has 1 saturated carbocycles. The third-order valence-electron chi connectivity index (χ3n) is 6.07. The van der Waals surface area contributed by atoms with Crippen LogP contribution in [-0.4, -0.2) is 70.8 Å². The number of aliphatic hydroxyl groups is 1. The molecular weight excluding hydrogens is 344 g/mol. The summed E-state index contributed by atoms with van der Waals surface area (Å²) < 4.78 is 0. The zero-order valence-corrected chi connectivity index (χ0v) is 16.0. The Morgan fingerprint density at radius 2 is 2.04 bits per heavy atom. The lowest BCUT2D eigenvalue weighted by Crippen LogP contribution is -2.49. The monoisotopic (exact) mass is 374 g/mol. The van der Waals surface area contributed by atoms with Gasteiger partial charge in [-0.1, -0.05) is 12.8 Å². The maximum Gasteiger partial charge on any atom is 0.242 e. The van der Waals surface area contributed by atoms with Gasteiger partial charge in [0.2, 0.25) is 5.91 Å². The fourth-order valence-corrected chi connectivity index (χ4v) is 4.52. The van der Waals surface area contributed by atoms with E-state index in [4.69, 9.17) is 0 Å². The maximum absolute atomic E-state index is 12.9. The van der Waals surface area contributed by atoms with Gasteiger partial charge in [0.25, 0.3) is 0 Å². The Hall–Kier alpha value is -1.93. The largest absolute Gasteiger partial charge is 0.391 e. The summed E-state index contributed by atoms with van der Waals surface area (Å²) in [7, 11) is 1.91. The van der Waals surface area contributed by atoms with E-state index in [1.54, 1.807) is 6.33 Å². The molecule has 3 N–H and O–H groups in total. The van der Waals surface area contributed by atoms with Crippen molar-refractivity contribution in [2.45, 2.75) is 63.3 Å². The number of nitrogens with one attached hydrogen (secondary N) is 2. The average Bonchev–Trinajstić information content (AvgIpc) is 2.81. The molecule has 0 bridgehead atoms. The predicted octanol–water partition coefficient (Wildman–Crippen LogP) is 0.722. The van der Waals surface area contributed by atoms with Crippen LogP contribution in [0.2, 0.25) is 0 Å². The Morgan fingerprint density at radius 3 is 2.81 bits per heavy atom. The standard InChI is InChI=1S/C19H30N6O2/c1-24-11-17(27)25(13-5-4-8-20-9-13)10-14-18(21-12-22-19(14)24)23-15-6-2-3-7-16(15)26/h12-13,15-16,20,26H,2-11H2,1H3,(H,21,22,23). The van der Waals surface area contributed by atoms with Crippen LogP contribution in [0.25, 0.3) is 0 Å². The highest BCUT2D eigenvalue weighted by molar-refractivity contribution is 5.84. The van der Waals surface area contributed by atoms with Gasteiger partial charge in [-0.05, 0) is 32.2 Å². The van der Waals surface area contributed by atoms with Crippen LogP contribution < -0.4 is 15.5 Å². The van der Waals surface area contributed by atoms with Crippen molar-refractivity contribution < 1.29 is 9.90 Å². The molecule has 8 nitrogen and oxygen atoms in total. The topological polar surface area (TPSA) is 93.6 Å². The first-order chi connectivity index (χ1) is 13.1. The van der Waals surface area contributed by atoms with E-state index in [9.17, 15) is 9.90 Å². The first kappa shape index (κ1) is 18.4. The number of amides is 1. The SMILES string of the molecule is CN1CC(=O)N(C2CCCNC2)Cc2c(NC3CCCCC3O)ncnc21. The van der Waals surface area contributed by atoms with Crippen LogP contribution in [0, 0.1) is 0 Å². The minimum atomic E-state index is -0.354. The number of hydrogen-bond donors (Lipinski definition) is 3. The first-order valence-electron chi connectivity index (χ1n) is 10.1. The number of aliphatic hydroxyl groups excluding tert-OH is 1. The second-order valence-electron chi connectivity index (χ2n) is 8.00. The Kier molecular flexibility index (Phi) is 5.45. The number of piperidine rings is 1. The number of fused-ring (bicyclic) bond motifs is 1. The minimum absolute atomic E-state index is 0.00630. The summed E-state index contributed by atoms with van der Waals surface area (Å²) in [5, 5.41) is 17.2. The number of hydrogen-bond acceptors (Lipinski definition) is 7. The second kappa shape index (κ2) is 7.98. The molecule has 27 heavy (non-hydrogen) atoms. The van der Waals surface area contributed by atoms with Crippen molar-refractivity contribution in [2.24, 2.45) is 0 Å². The molecule has 3 heterocycles. The minimum Gasteiger partial charge on any atom is -0.391 e. The molecule has 1 amide bonds. The van der Waals surface area contributed by atoms with E-state index in [1.807, 2.05) is 16.8 Å². The lowest BCUT2D eigenvalue weighted by molar-refractivity contribution is -0.132. The van der Waals surface area contributed by atoms with Crippen LogP contribution in [-0.2, 0) is 11.3 Å². The van der Waals surface area contributed by atoms with Gasteiger partial charge in [0, 0.05) is 19.6 Å². The summed E-state index contributed by atoms with van der Waals surface area (Å²) in [5.74, 6) is 1.69. The summed E-state index contributed by atoms with van der Waals surface area (Å²) in [5.41, 5.74) is 0.953. The Balaban J connectivity index is 1.62. The molecule has 1 saturated heterocycles. The number of carbonyl (C=O) groups is 1. The fourth-order valence-electron chi connectivity index (χ4n) is 4.52. The molecule has 148 valence electrons. The van der Waals surface area contributed by atoms with Gasteiger partial charge in [-0.25, -0.2) is 9.97 Å². The van der Waals surface area contributed by atoms with E-state index in [0.29, 0.717) is 13.1 Å². The molecule has 3 aliphatic rings. The van der Waals surface area contributed by atoms with Gasteiger partial charge in [0.05, 0.1) is 30.8 Å². The van der Waals surface area contributed by atoms with Gasteiger partial charge >= 0.3 is 0 Å². The molecule has 0 radical (unpaired) electrons. The van der Waals surface area contributed by atoms with Crippen LogP contribution in [0.3, 0.4) is 0 Å². The Morgan fingerprint density at radius 1 is 1.19 bits per heavy atom. The van der Waals surface area contributed by atoms with Crippen LogP contribution in [0.4, 0.5) is 11.6 Å². The van der Waals surface area contributed by atoms with Gasteiger partial charge in [-0.3, -0.25) is 4.79 Å². The van der Waals surface area contributed by atoms with Gasteiger partial charge in [-0.2, -0.15) is 0 Å². The van der Waals surface area contributed by atoms with Crippen LogP contribution in [0.5, 0.6) is 0 Å². The van der Waals surface area contributed by atoms with Gasteiger partial charge in [0.15, 0.2) is 0 Å². The van der Waals surface area contributed by atoms with E-state index < -0.39 is 0 Å². The third kappa shape index (κ3) is 3.87. The van der Waals surface area contributed by atoms with Crippen molar-refractivity contribution in [2.75, 3.05) is 36.9 Å². The number of rotatable bonds is 3. The lowest BCUT2D eigenvalue weighted by Gasteiger charge is -2.34. The number of anilines is 2. The second-order valence-corrected chi connectivity index (χ2v) is 8.00. The Labute approximate surface area is 160 Å². The summed E-state index contributed by atoms with van der Waals surface area (Å²) in [4.78, 5) is 25.7. The normalized spacial score (nSPS) is 29.3. The van der Waals surface area contributed by atoms with Crippen molar-refractivity contribution >= 4 is 17.5 Å². The van der Waals surface area contributed by atoms with Gasteiger partial charge in [0.1, 0.15) is 18.0 Å². The number of nitrogens with zero attached hydrogens (tertiary/aromatic N) is 4. The average molecular weight is 374 g/mol. The molecule has 3 unspecified atom stereocenters. The van der Waals surface area contributed by atoms with E-state index in [1.165, 1.54) is 0 Å². The van der Waals surface area contributed by atoms with Crippen molar-refractivity contribution in [3.8, 4) is 0 Å². The van der Waals surface area contributed by atoms with E-state index in [0.717, 1.165) is 68.8 Å². The van der Waals surface area contributed by atoms with Crippen molar-refractivity contribution in [1.29, 1.82) is 0 Å². The van der Waals surface area contributed by atoms with E-state index in [2.05, 4.69) is 20.6 Å². The quantitative estimate of drug-likeness (QED) is 0.718. The van der Waals surface area contributed by atoms with Crippen molar-refractivity contribution in [3.05, 3.63) is 11.9 Å². The molecule has 0 aromatic carbocycles. The Bertz CT molecular complexity index is 678. The molecule has 1 aromatic heterocycles. The highest BCUT2D eigenvalue weighted by atomic mass is 16.3. The maximum atomic E-state index is 12.9. The molecule has 1 aliphatic carbocycles. The smallest absolute Gasteiger partial charge is 0.242 e. The third-order valence-corrected chi connectivity index (χ3v) is 6.07. The molecular formula is C19H30N6O2. The summed E-state index contributed by atoms with van der Waals surface area (Å²) in [6, 6.07) is 0.214. The van der Waals surface area contributed by atoms with Crippen LogP contribution in [0.15, 0.2) is 6.33 Å². The highest BCUT2D eigenvalue weighted by Gasteiger charge is 2.33. The van der Waals surface area contributed by atoms with E-state index in [-0.39, 0.29) is 24.1 Å². The van der Waals surface area contributed by atoms with E-state index >= 15 is 0 Å². The molecule has 0 spiro atoms. The van der Waals surface area contributed by atoms with Crippen molar-refractivity contribution in [1.82, 2.24) is 20.2 Å². The molecule has 2 aliphatic heterocycles. The molecule has 4 rings (SSSR count). The zero-order valence-electron chi connectivity index (χ0n) is 16.0. The van der Waals surface area contributed by atoms with Gasteiger partial charge in [-0.15, -0.1) is 0 Å². The summed E-state index contributed by atoms with van der Waals surface area (Å²) in [6.07, 6.45) is 7.25. The number of likely N-dealkylation sites (N-methyl/N-ethyl adjacent to an activating group) is 1. The van der Waals surface area contributed by atoms with Crippen LogP contribution >= 0.6 is 0 Å². The highest BCUT2D eigenvalue weighted by Crippen LogP contribution is 2.31.